The third kappa shape index (κ3) is 2.41. The van der Waals surface area contributed by atoms with E-state index in [2.05, 4.69) is 0 Å². The first-order valence-corrected chi connectivity index (χ1v) is 8.13. The summed E-state index contributed by atoms with van der Waals surface area (Å²) in [7, 11) is -2.47. The van der Waals surface area contributed by atoms with Gasteiger partial charge in [-0.2, -0.15) is 4.31 Å². The number of primary amides is 1. The lowest BCUT2D eigenvalue weighted by molar-refractivity contribution is -0.140. The molecule has 1 aliphatic heterocycles. The van der Waals surface area contributed by atoms with Crippen LogP contribution in [0.15, 0.2) is 17.2 Å². The number of thioether (sulfide) groups is 1. The zero-order valence-electron chi connectivity index (χ0n) is 10.5. The van der Waals surface area contributed by atoms with E-state index in [4.69, 9.17) is 10.8 Å². The first-order chi connectivity index (χ1) is 9.25. The summed E-state index contributed by atoms with van der Waals surface area (Å²) in [4.78, 5) is 22.1. The highest BCUT2D eigenvalue weighted by Gasteiger charge is 2.40. The molecule has 1 aromatic heterocycles. The molecular weight excluding hydrogens is 306 g/mol. The molecule has 0 aliphatic carbocycles. The molecule has 0 unspecified atom stereocenters. The number of rotatable bonds is 4. The maximum absolute atomic E-state index is 12.4. The molecule has 110 valence electrons. The molecule has 0 radical (unpaired) electrons. The van der Waals surface area contributed by atoms with Crippen LogP contribution >= 0.6 is 11.8 Å². The quantitative estimate of drug-likeness (QED) is 0.754. The number of hydrogen-bond donors (Lipinski definition) is 2. The van der Waals surface area contributed by atoms with Gasteiger partial charge in [-0.1, -0.05) is 0 Å². The van der Waals surface area contributed by atoms with Gasteiger partial charge in [0.25, 0.3) is 5.91 Å². The van der Waals surface area contributed by atoms with Crippen molar-refractivity contribution in [2.45, 2.75) is 10.9 Å². The Labute approximate surface area is 119 Å². The van der Waals surface area contributed by atoms with Crippen LogP contribution in [0.5, 0.6) is 0 Å². The van der Waals surface area contributed by atoms with Crippen molar-refractivity contribution in [1.29, 1.82) is 0 Å². The first-order valence-electron chi connectivity index (χ1n) is 5.53. The predicted molar refractivity (Wildman–Crippen MR) is 71.7 cm³/mol. The second-order valence-corrected chi connectivity index (χ2v) is 7.17. The Morgan fingerprint density at radius 3 is 2.65 bits per heavy atom. The van der Waals surface area contributed by atoms with Crippen molar-refractivity contribution in [3.8, 4) is 0 Å². The Bertz CT molecular complexity index is 666. The van der Waals surface area contributed by atoms with Crippen molar-refractivity contribution in [2.24, 2.45) is 12.8 Å². The Kier molecular flexibility index (Phi) is 3.80. The molecule has 1 amide bonds. The fraction of sp³-hybridized carbons (Fsp3) is 0.400. The second-order valence-electron chi connectivity index (χ2n) is 4.28. The number of hydrogen-bond acceptors (Lipinski definition) is 5. The number of aromatic nitrogens is 1. The molecule has 1 saturated heterocycles. The number of carbonyl (C=O) groups is 2. The molecule has 0 saturated carbocycles. The number of carboxylic acid groups (broad SMARTS) is 1. The maximum Gasteiger partial charge on any atom is 0.322 e. The highest BCUT2D eigenvalue weighted by Crippen LogP contribution is 2.29. The fourth-order valence-electron chi connectivity index (χ4n) is 1.91. The molecular formula is C10H13N3O5S2. The van der Waals surface area contributed by atoms with Crippen LogP contribution in [0.4, 0.5) is 0 Å². The molecule has 3 N–H and O–H groups in total. The van der Waals surface area contributed by atoms with Crippen molar-refractivity contribution in [2.75, 3.05) is 11.6 Å². The minimum Gasteiger partial charge on any atom is -0.480 e. The van der Waals surface area contributed by atoms with Gasteiger partial charge in [-0.05, 0) is 6.07 Å². The molecule has 0 bridgehead atoms. The van der Waals surface area contributed by atoms with Crippen LogP contribution in [0.1, 0.15) is 10.5 Å². The van der Waals surface area contributed by atoms with E-state index in [0.29, 0.717) is 0 Å². The normalized spacial score (nSPS) is 20.1. The van der Waals surface area contributed by atoms with Crippen LogP contribution in [-0.2, 0) is 21.9 Å². The smallest absolute Gasteiger partial charge is 0.322 e. The number of aryl methyl sites for hydroxylation is 1. The van der Waals surface area contributed by atoms with Gasteiger partial charge >= 0.3 is 5.97 Å². The van der Waals surface area contributed by atoms with E-state index in [1.54, 1.807) is 0 Å². The third-order valence-electron chi connectivity index (χ3n) is 2.97. The van der Waals surface area contributed by atoms with Gasteiger partial charge in [0, 0.05) is 19.0 Å². The largest absolute Gasteiger partial charge is 0.480 e. The van der Waals surface area contributed by atoms with Crippen molar-refractivity contribution >= 4 is 33.7 Å². The van der Waals surface area contributed by atoms with E-state index in [1.165, 1.54) is 29.6 Å². The number of nitrogens with zero attached hydrogens (tertiary/aromatic N) is 2. The van der Waals surface area contributed by atoms with Crippen molar-refractivity contribution in [3.63, 3.8) is 0 Å². The number of carboxylic acids is 1. The summed E-state index contributed by atoms with van der Waals surface area (Å²) in [5.74, 6) is -1.67. The molecule has 1 aromatic rings. The van der Waals surface area contributed by atoms with Gasteiger partial charge in [-0.15, -0.1) is 11.8 Å². The zero-order valence-corrected chi connectivity index (χ0v) is 12.1. The van der Waals surface area contributed by atoms with E-state index in [1.807, 2.05) is 0 Å². The Morgan fingerprint density at radius 2 is 2.15 bits per heavy atom. The maximum atomic E-state index is 12.4. The average molecular weight is 319 g/mol. The standard InChI is InChI=1S/C10H13N3O5S2/c1-12-3-6(2-7(12)9(11)14)20(17,18)13-5-19-4-8(13)10(15)16/h2-3,8H,4-5H2,1H3,(H2,11,14)(H,15,16)/t8-/m0/s1. The van der Waals surface area contributed by atoms with Gasteiger partial charge in [-0.25, -0.2) is 8.42 Å². The van der Waals surface area contributed by atoms with Crippen LogP contribution in [0, 0.1) is 0 Å². The lowest BCUT2D eigenvalue weighted by Crippen LogP contribution is -2.41. The van der Waals surface area contributed by atoms with Crippen LogP contribution in [0.25, 0.3) is 0 Å². The van der Waals surface area contributed by atoms with Crippen molar-refractivity contribution in [1.82, 2.24) is 8.87 Å². The molecule has 0 spiro atoms. The van der Waals surface area contributed by atoms with E-state index in [-0.39, 0.29) is 22.2 Å². The molecule has 20 heavy (non-hydrogen) atoms. The van der Waals surface area contributed by atoms with Crippen molar-refractivity contribution < 1.29 is 23.1 Å². The summed E-state index contributed by atoms with van der Waals surface area (Å²) in [6.07, 6.45) is 1.25. The summed E-state index contributed by atoms with van der Waals surface area (Å²) in [6.45, 7) is 0. The molecule has 2 heterocycles. The third-order valence-corrected chi connectivity index (χ3v) is 5.96. The SMILES string of the molecule is Cn1cc(S(=O)(=O)N2CSC[C@H]2C(=O)O)cc1C(N)=O. The fourth-order valence-corrected chi connectivity index (χ4v) is 5.12. The zero-order chi connectivity index (χ0) is 15.1. The van der Waals surface area contributed by atoms with Gasteiger partial charge in [0.15, 0.2) is 0 Å². The summed E-state index contributed by atoms with van der Waals surface area (Å²) in [5.41, 5.74) is 5.18. The molecule has 8 nitrogen and oxygen atoms in total. The topological polar surface area (TPSA) is 123 Å². The average Bonchev–Trinajstić information content (AvgIpc) is 2.94. The van der Waals surface area contributed by atoms with Crippen LogP contribution < -0.4 is 5.73 Å². The van der Waals surface area contributed by atoms with Gasteiger partial charge in [0.1, 0.15) is 16.6 Å². The summed E-state index contributed by atoms with van der Waals surface area (Å²) >= 11 is 1.22. The highest BCUT2D eigenvalue weighted by atomic mass is 32.2. The van der Waals surface area contributed by atoms with E-state index in [9.17, 15) is 18.0 Å². The minimum atomic E-state index is -3.97. The Balaban J connectivity index is 2.43. The molecule has 1 fully saturated rings. The van der Waals surface area contributed by atoms with Gasteiger partial charge < -0.3 is 15.4 Å². The van der Waals surface area contributed by atoms with Crippen molar-refractivity contribution in [3.05, 3.63) is 18.0 Å². The second kappa shape index (κ2) is 5.11. The van der Waals surface area contributed by atoms with Crippen LogP contribution in [0.2, 0.25) is 0 Å². The first kappa shape index (κ1) is 14.9. The van der Waals surface area contributed by atoms with E-state index >= 15 is 0 Å². The molecule has 1 aliphatic rings. The van der Waals surface area contributed by atoms with Gasteiger partial charge in [0.05, 0.1) is 5.88 Å². The lowest BCUT2D eigenvalue weighted by Gasteiger charge is -2.19. The van der Waals surface area contributed by atoms with Crippen LogP contribution in [0.3, 0.4) is 0 Å². The summed E-state index contributed by atoms with van der Waals surface area (Å²) < 4.78 is 27.1. The summed E-state index contributed by atoms with van der Waals surface area (Å²) in [5, 5.41) is 9.04. The monoisotopic (exact) mass is 319 g/mol. The number of sulfonamides is 1. The van der Waals surface area contributed by atoms with E-state index < -0.39 is 27.9 Å². The lowest BCUT2D eigenvalue weighted by atomic mass is 10.4. The molecule has 10 heteroatoms. The van der Waals surface area contributed by atoms with Crippen LogP contribution in [-0.4, -0.2) is 51.9 Å². The van der Waals surface area contributed by atoms with Gasteiger partial charge in [-0.3, -0.25) is 9.59 Å². The van der Waals surface area contributed by atoms with E-state index in [0.717, 1.165) is 10.4 Å². The Morgan fingerprint density at radius 1 is 1.50 bits per heavy atom. The minimum absolute atomic E-state index is 0.0438. The summed E-state index contributed by atoms with van der Waals surface area (Å²) in [6, 6.07) is 0.0572. The van der Waals surface area contributed by atoms with Gasteiger partial charge in [0.2, 0.25) is 10.0 Å². The molecule has 1 atom stereocenters. The predicted octanol–water partition coefficient (Wildman–Crippen LogP) is -0.728. The number of aliphatic carboxylic acids is 1. The highest BCUT2D eigenvalue weighted by molar-refractivity contribution is 8.00. The molecule has 0 aromatic carbocycles. The number of nitrogens with two attached hydrogens (primary N) is 1. The Hall–Kier alpha value is -1.52. The number of amides is 1. The number of carbonyl (C=O) groups excluding carboxylic acids is 1. The molecule has 2 rings (SSSR count).